The van der Waals surface area contributed by atoms with E-state index in [-0.39, 0.29) is 23.7 Å². The molecule has 2 aromatic rings. The molecule has 1 aliphatic carbocycles. The third-order valence-electron chi connectivity index (χ3n) is 6.73. The van der Waals surface area contributed by atoms with E-state index in [0.29, 0.717) is 12.5 Å². The molecule has 158 valence electrons. The number of rotatable bonds is 7. The second kappa shape index (κ2) is 10.0. The highest BCUT2D eigenvalue weighted by Gasteiger charge is 2.30. The Hall–Kier alpha value is -2.46. The third-order valence-corrected chi connectivity index (χ3v) is 6.73. The molecule has 4 rings (SSSR count). The first-order valence-electron chi connectivity index (χ1n) is 11.4. The van der Waals surface area contributed by atoms with E-state index >= 15 is 0 Å². The molecule has 1 heterocycles. The van der Waals surface area contributed by atoms with Crippen LogP contribution in [0.4, 0.5) is 0 Å². The normalized spacial score (nSPS) is 19.5. The summed E-state index contributed by atoms with van der Waals surface area (Å²) in [6.07, 6.45) is 6.54. The van der Waals surface area contributed by atoms with Gasteiger partial charge in [0, 0.05) is 11.5 Å². The van der Waals surface area contributed by atoms with Crippen molar-refractivity contribution in [2.24, 2.45) is 11.8 Å². The lowest BCUT2D eigenvalue weighted by molar-refractivity contribution is -0.123. The predicted molar refractivity (Wildman–Crippen MR) is 119 cm³/mol. The number of ketones is 1. The van der Waals surface area contributed by atoms with Crippen molar-refractivity contribution in [3.05, 3.63) is 71.8 Å². The fourth-order valence-corrected chi connectivity index (χ4v) is 5.04. The average molecular weight is 405 g/mol. The fraction of sp³-hybridized carbons (Fsp3) is 0.462. The predicted octanol–water partition coefficient (Wildman–Crippen LogP) is 4.63. The van der Waals surface area contributed by atoms with Gasteiger partial charge in [0.2, 0.25) is 5.91 Å². The van der Waals surface area contributed by atoms with E-state index in [1.165, 1.54) is 31.2 Å². The Labute approximate surface area is 179 Å². The van der Waals surface area contributed by atoms with Crippen LogP contribution in [0.3, 0.4) is 0 Å². The standard InChI is InChI=1S/C26H32N2O2/c29-24(27-25(21-11-7-8-12-21)20-9-3-1-4-10-20)19-28-17-15-23(16-18-28)26(30)22-13-5-2-6-14-22/h1-6,9-10,13-14,21,23,25H,7-8,11-12,15-19H2,(H,27,29). The molecular formula is C26H32N2O2. The van der Waals surface area contributed by atoms with Crippen LogP contribution in [0.1, 0.15) is 60.5 Å². The van der Waals surface area contributed by atoms with Crippen LogP contribution in [-0.2, 0) is 4.79 Å². The molecule has 2 aliphatic rings. The maximum Gasteiger partial charge on any atom is 0.234 e. The lowest BCUT2D eigenvalue weighted by Gasteiger charge is -2.32. The summed E-state index contributed by atoms with van der Waals surface area (Å²) in [6, 6.07) is 20.1. The summed E-state index contributed by atoms with van der Waals surface area (Å²) in [6.45, 7) is 2.02. The van der Waals surface area contributed by atoms with Gasteiger partial charge in [0.1, 0.15) is 0 Å². The van der Waals surface area contributed by atoms with E-state index in [1.807, 2.05) is 36.4 Å². The zero-order chi connectivity index (χ0) is 20.8. The van der Waals surface area contributed by atoms with Gasteiger partial charge in [0.25, 0.3) is 0 Å². The van der Waals surface area contributed by atoms with Crippen molar-refractivity contribution in [1.29, 1.82) is 0 Å². The zero-order valence-electron chi connectivity index (χ0n) is 17.6. The molecule has 1 saturated carbocycles. The molecule has 1 atom stereocenters. The van der Waals surface area contributed by atoms with E-state index in [4.69, 9.17) is 0 Å². The Morgan fingerprint density at radius 1 is 0.867 bits per heavy atom. The van der Waals surface area contributed by atoms with Crippen molar-refractivity contribution >= 4 is 11.7 Å². The first-order chi connectivity index (χ1) is 14.7. The molecule has 1 unspecified atom stereocenters. The Balaban J connectivity index is 1.30. The number of nitrogens with zero attached hydrogens (tertiary/aromatic N) is 1. The van der Waals surface area contributed by atoms with Crippen LogP contribution in [0.2, 0.25) is 0 Å². The highest BCUT2D eigenvalue weighted by molar-refractivity contribution is 5.97. The van der Waals surface area contributed by atoms with Crippen molar-refractivity contribution in [2.45, 2.75) is 44.6 Å². The average Bonchev–Trinajstić information content (AvgIpc) is 3.33. The van der Waals surface area contributed by atoms with Gasteiger partial charge in [-0.1, -0.05) is 73.5 Å². The molecule has 0 radical (unpaired) electrons. The lowest BCUT2D eigenvalue weighted by Crippen LogP contribution is -2.44. The summed E-state index contributed by atoms with van der Waals surface area (Å²) in [5, 5.41) is 3.33. The second-order valence-corrected chi connectivity index (χ2v) is 8.78. The van der Waals surface area contributed by atoms with Crippen molar-refractivity contribution in [1.82, 2.24) is 10.2 Å². The molecule has 0 bridgehead atoms. The summed E-state index contributed by atoms with van der Waals surface area (Å²) >= 11 is 0. The first kappa shape index (κ1) is 20.8. The van der Waals surface area contributed by atoms with Gasteiger partial charge in [-0.15, -0.1) is 0 Å². The van der Waals surface area contributed by atoms with Gasteiger partial charge in [0.15, 0.2) is 5.78 Å². The zero-order valence-corrected chi connectivity index (χ0v) is 17.6. The van der Waals surface area contributed by atoms with Crippen LogP contribution in [0.15, 0.2) is 60.7 Å². The number of likely N-dealkylation sites (tertiary alicyclic amines) is 1. The van der Waals surface area contributed by atoms with E-state index in [2.05, 4.69) is 34.5 Å². The number of piperidine rings is 1. The SMILES string of the molecule is O=C(CN1CCC(C(=O)c2ccccc2)CC1)NC(c1ccccc1)C1CCCC1. The van der Waals surface area contributed by atoms with Gasteiger partial charge >= 0.3 is 0 Å². The summed E-state index contributed by atoms with van der Waals surface area (Å²) in [7, 11) is 0. The van der Waals surface area contributed by atoms with Gasteiger partial charge < -0.3 is 5.32 Å². The van der Waals surface area contributed by atoms with Crippen LogP contribution in [0.25, 0.3) is 0 Å². The number of hydrogen-bond donors (Lipinski definition) is 1. The summed E-state index contributed by atoms with van der Waals surface area (Å²) in [5.74, 6) is 0.946. The fourth-order valence-electron chi connectivity index (χ4n) is 5.04. The van der Waals surface area contributed by atoms with Crippen molar-refractivity contribution in [3.63, 3.8) is 0 Å². The molecule has 2 aromatic carbocycles. The topological polar surface area (TPSA) is 49.4 Å². The molecule has 1 saturated heterocycles. The number of benzene rings is 2. The minimum absolute atomic E-state index is 0.0715. The number of Topliss-reactive ketones (excluding diaryl/α,β-unsaturated/α-hetero) is 1. The molecule has 4 nitrogen and oxygen atoms in total. The summed E-state index contributed by atoms with van der Waals surface area (Å²) in [4.78, 5) is 27.7. The van der Waals surface area contributed by atoms with Crippen molar-refractivity contribution < 1.29 is 9.59 Å². The Bertz CT molecular complexity index is 823. The third kappa shape index (κ3) is 5.17. The number of hydrogen-bond acceptors (Lipinski definition) is 3. The van der Waals surface area contributed by atoms with Gasteiger partial charge in [-0.05, 0) is 50.3 Å². The van der Waals surface area contributed by atoms with E-state index in [1.54, 1.807) is 0 Å². The summed E-state index contributed by atoms with van der Waals surface area (Å²) in [5.41, 5.74) is 2.01. The number of amides is 1. The van der Waals surface area contributed by atoms with E-state index in [0.717, 1.165) is 31.5 Å². The van der Waals surface area contributed by atoms with Crippen LogP contribution in [-0.4, -0.2) is 36.2 Å². The van der Waals surface area contributed by atoms with Gasteiger partial charge in [0.05, 0.1) is 12.6 Å². The maximum atomic E-state index is 12.9. The highest BCUT2D eigenvalue weighted by Crippen LogP contribution is 2.35. The molecule has 30 heavy (non-hydrogen) atoms. The molecule has 2 fully saturated rings. The van der Waals surface area contributed by atoms with E-state index < -0.39 is 0 Å². The monoisotopic (exact) mass is 404 g/mol. The molecule has 0 aromatic heterocycles. The number of carbonyl (C=O) groups is 2. The van der Waals surface area contributed by atoms with Gasteiger partial charge in [-0.3, -0.25) is 14.5 Å². The number of carbonyl (C=O) groups excluding carboxylic acids is 2. The summed E-state index contributed by atoms with van der Waals surface area (Å²) < 4.78 is 0. The van der Waals surface area contributed by atoms with Crippen LogP contribution in [0.5, 0.6) is 0 Å². The minimum Gasteiger partial charge on any atom is -0.348 e. The molecule has 1 amide bonds. The molecule has 4 heteroatoms. The van der Waals surface area contributed by atoms with Crippen LogP contribution in [0, 0.1) is 11.8 Å². The maximum absolute atomic E-state index is 12.9. The molecule has 1 aliphatic heterocycles. The Morgan fingerprint density at radius 3 is 2.10 bits per heavy atom. The smallest absolute Gasteiger partial charge is 0.234 e. The van der Waals surface area contributed by atoms with Crippen LogP contribution >= 0.6 is 0 Å². The quantitative estimate of drug-likeness (QED) is 0.685. The Morgan fingerprint density at radius 2 is 1.47 bits per heavy atom. The van der Waals surface area contributed by atoms with Gasteiger partial charge in [-0.2, -0.15) is 0 Å². The molecular weight excluding hydrogens is 372 g/mol. The minimum atomic E-state index is 0.0715. The van der Waals surface area contributed by atoms with Crippen LogP contribution < -0.4 is 5.32 Å². The lowest BCUT2D eigenvalue weighted by atomic mass is 9.89. The highest BCUT2D eigenvalue weighted by atomic mass is 16.2. The molecule has 0 spiro atoms. The van der Waals surface area contributed by atoms with E-state index in [9.17, 15) is 9.59 Å². The Kier molecular flexibility index (Phi) is 6.96. The van der Waals surface area contributed by atoms with Gasteiger partial charge in [-0.25, -0.2) is 0 Å². The largest absolute Gasteiger partial charge is 0.348 e. The second-order valence-electron chi connectivity index (χ2n) is 8.78. The number of nitrogens with one attached hydrogen (secondary N) is 1. The first-order valence-corrected chi connectivity index (χ1v) is 11.4. The van der Waals surface area contributed by atoms with Crippen molar-refractivity contribution in [2.75, 3.05) is 19.6 Å². The molecule has 1 N–H and O–H groups in total. The van der Waals surface area contributed by atoms with Crippen molar-refractivity contribution in [3.8, 4) is 0 Å².